The minimum atomic E-state index is -0.558. The Hall–Kier alpha value is -1.14. The summed E-state index contributed by atoms with van der Waals surface area (Å²) in [5, 5.41) is 2.66. The van der Waals surface area contributed by atoms with Crippen LogP contribution in [-0.2, 0) is 19.1 Å². The van der Waals surface area contributed by atoms with E-state index in [0.717, 1.165) is 0 Å². The van der Waals surface area contributed by atoms with Gasteiger partial charge in [-0.1, -0.05) is 0 Å². The Morgan fingerprint density at radius 3 is 2.71 bits per heavy atom. The number of methoxy groups -OCH3 is 1. The normalized spacial score (nSPS) is 11.9. The van der Waals surface area contributed by atoms with E-state index in [1.807, 2.05) is 0 Å². The van der Waals surface area contributed by atoms with Crippen molar-refractivity contribution in [2.45, 2.75) is 32.2 Å². The van der Waals surface area contributed by atoms with Crippen LogP contribution in [0.3, 0.4) is 0 Å². The van der Waals surface area contributed by atoms with Crippen molar-refractivity contribution in [1.82, 2.24) is 5.32 Å². The van der Waals surface area contributed by atoms with Crippen molar-refractivity contribution < 1.29 is 19.1 Å². The lowest BCUT2D eigenvalue weighted by atomic mass is 10.2. The van der Waals surface area contributed by atoms with E-state index in [1.54, 1.807) is 14.0 Å². The van der Waals surface area contributed by atoms with Crippen molar-refractivity contribution >= 4 is 11.9 Å². The second-order valence-electron chi connectivity index (χ2n) is 3.59. The summed E-state index contributed by atoms with van der Waals surface area (Å²) in [7, 11) is 1.56. The summed E-state index contributed by atoms with van der Waals surface area (Å²) in [6, 6.07) is -0.558. The number of amides is 1. The number of esters is 1. The SMILES string of the molecule is CCOC(=O)CCCNC(=O)C(N)CCOC. The number of carbonyl (C=O) groups is 2. The molecule has 1 unspecified atom stereocenters. The zero-order valence-corrected chi connectivity index (χ0v) is 10.5. The van der Waals surface area contributed by atoms with E-state index in [0.29, 0.717) is 39.0 Å². The van der Waals surface area contributed by atoms with Gasteiger partial charge in [-0.25, -0.2) is 0 Å². The zero-order valence-electron chi connectivity index (χ0n) is 10.5. The number of nitrogens with one attached hydrogen (secondary N) is 1. The molecule has 3 N–H and O–H groups in total. The lowest BCUT2D eigenvalue weighted by molar-refractivity contribution is -0.143. The van der Waals surface area contributed by atoms with Crippen molar-refractivity contribution in [3.8, 4) is 0 Å². The van der Waals surface area contributed by atoms with Gasteiger partial charge in [0.05, 0.1) is 12.6 Å². The van der Waals surface area contributed by atoms with Gasteiger partial charge in [-0.15, -0.1) is 0 Å². The quantitative estimate of drug-likeness (QED) is 0.434. The molecule has 0 saturated heterocycles. The summed E-state index contributed by atoms with van der Waals surface area (Å²) in [6.45, 7) is 3.03. The summed E-state index contributed by atoms with van der Waals surface area (Å²) >= 11 is 0. The second kappa shape index (κ2) is 10.0. The van der Waals surface area contributed by atoms with E-state index in [1.165, 1.54) is 0 Å². The number of hydrogen-bond donors (Lipinski definition) is 2. The fourth-order valence-corrected chi connectivity index (χ4v) is 1.18. The first-order valence-corrected chi connectivity index (χ1v) is 5.79. The molecule has 0 aromatic rings. The van der Waals surface area contributed by atoms with E-state index < -0.39 is 6.04 Å². The maximum Gasteiger partial charge on any atom is 0.305 e. The Kier molecular flexibility index (Phi) is 9.37. The van der Waals surface area contributed by atoms with Gasteiger partial charge in [0.1, 0.15) is 0 Å². The molecule has 17 heavy (non-hydrogen) atoms. The molecular formula is C11H22N2O4. The van der Waals surface area contributed by atoms with Crippen LogP contribution in [-0.4, -0.2) is 44.8 Å². The first kappa shape index (κ1) is 15.9. The highest BCUT2D eigenvalue weighted by molar-refractivity contribution is 5.81. The average Bonchev–Trinajstić information content (AvgIpc) is 2.31. The van der Waals surface area contributed by atoms with Gasteiger partial charge in [0.25, 0.3) is 0 Å². The van der Waals surface area contributed by atoms with Crippen LogP contribution >= 0.6 is 0 Å². The number of ether oxygens (including phenoxy) is 2. The lowest BCUT2D eigenvalue weighted by Crippen LogP contribution is -2.41. The van der Waals surface area contributed by atoms with Gasteiger partial charge >= 0.3 is 5.97 Å². The van der Waals surface area contributed by atoms with Crippen LogP contribution in [0.25, 0.3) is 0 Å². The molecule has 0 aromatic carbocycles. The topological polar surface area (TPSA) is 90.7 Å². The Balaban J connectivity index is 3.53. The van der Waals surface area contributed by atoms with Crippen LogP contribution in [0.5, 0.6) is 0 Å². The maximum atomic E-state index is 11.4. The van der Waals surface area contributed by atoms with Crippen molar-refractivity contribution in [1.29, 1.82) is 0 Å². The van der Waals surface area contributed by atoms with Gasteiger partial charge in [0.2, 0.25) is 5.91 Å². The van der Waals surface area contributed by atoms with Crippen molar-refractivity contribution in [3.05, 3.63) is 0 Å². The van der Waals surface area contributed by atoms with E-state index in [-0.39, 0.29) is 11.9 Å². The molecule has 0 radical (unpaired) electrons. The van der Waals surface area contributed by atoms with Crippen LogP contribution in [0.15, 0.2) is 0 Å². The Bertz CT molecular complexity index is 234. The average molecular weight is 246 g/mol. The van der Waals surface area contributed by atoms with E-state index in [9.17, 15) is 9.59 Å². The first-order valence-electron chi connectivity index (χ1n) is 5.79. The van der Waals surface area contributed by atoms with Crippen LogP contribution in [0.2, 0.25) is 0 Å². The Labute approximate surface area is 102 Å². The minimum Gasteiger partial charge on any atom is -0.466 e. The summed E-state index contributed by atoms with van der Waals surface area (Å²) < 4.78 is 9.58. The van der Waals surface area contributed by atoms with Gasteiger partial charge in [0, 0.05) is 26.7 Å². The molecule has 0 aliphatic heterocycles. The van der Waals surface area contributed by atoms with Crippen LogP contribution < -0.4 is 11.1 Å². The third-order valence-electron chi connectivity index (χ3n) is 2.13. The molecule has 6 heteroatoms. The highest BCUT2D eigenvalue weighted by atomic mass is 16.5. The molecule has 0 saturated carbocycles. The predicted molar refractivity (Wildman–Crippen MR) is 63.3 cm³/mol. The van der Waals surface area contributed by atoms with Gasteiger partial charge < -0.3 is 20.5 Å². The van der Waals surface area contributed by atoms with Gasteiger partial charge in [-0.05, 0) is 19.8 Å². The van der Waals surface area contributed by atoms with Crippen molar-refractivity contribution in [2.75, 3.05) is 26.9 Å². The third kappa shape index (κ3) is 8.65. The molecule has 6 nitrogen and oxygen atoms in total. The minimum absolute atomic E-state index is 0.217. The largest absolute Gasteiger partial charge is 0.466 e. The molecule has 0 heterocycles. The Morgan fingerprint density at radius 2 is 2.12 bits per heavy atom. The number of hydrogen-bond acceptors (Lipinski definition) is 5. The fraction of sp³-hybridized carbons (Fsp3) is 0.818. The molecule has 1 atom stereocenters. The highest BCUT2D eigenvalue weighted by Gasteiger charge is 2.12. The van der Waals surface area contributed by atoms with Crippen molar-refractivity contribution in [3.63, 3.8) is 0 Å². The molecule has 0 aliphatic carbocycles. The Morgan fingerprint density at radius 1 is 1.41 bits per heavy atom. The molecule has 0 aromatic heterocycles. The monoisotopic (exact) mass is 246 g/mol. The van der Waals surface area contributed by atoms with E-state index in [4.69, 9.17) is 15.2 Å². The summed E-state index contributed by atoms with van der Waals surface area (Å²) in [6.07, 6.45) is 1.35. The molecule has 1 amide bonds. The number of nitrogens with two attached hydrogens (primary N) is 1. The number of rotatable bonds is 9. The van der Waals surface area contributed by atoms with E-state index >= 15 is 0 Å². The van der Waals surface area contributed by atoms with E-state index in [2.05, 4.69) is 5.32 Å². The first-order chi connectivity index (χ1) is 8.11. The van der Waals surface area contributed by atoms with Gasteiger partial charge in [-0.3, -0.25) is 9.59 Å². The highest BCUT2D eigenvalue weighted by Crippen LogP contribution is 1.93. The number of carbonyl (C=O) groups excluding carboxylic acids is 2. The van der Waals surface area contributed by atoms with Crippen LogP contribution in [0.4, 0.5) is 0 Å². The van der Waals surface area contributed by atoms with Crippen LogP contribution in [0, 0.1) is 0 Å². The molecular weight excluding hydrogens is 224 g/mol. The molecule has 0 aliphatic rings. The molecule has 0 spiro atoms. The second-order valence-corrected chi connectivity index (χ2v) is 3.59. The summed E-state index contributed by atoms with van der Waals surface area (Å²) in [4.78, 5) is 22.4. The maximum absolute atomic E-state index is 11.4. The molecule has 100 valence electrons. The lowest BCUT2D eigenvalue weighted by Gasteiger charge is -2.11. The van der Waals surface area contributed by atoms with Crippen molar-refractivity contribution in [2.24, 2.45) is 5.73 Å². The smallest absolute Gasteiger partial charge is 0.305 e. The molecule has 0 bridgehead atoms. The third-order valence-corrected chi connectivity index (χ3v) is 2.13. The van der Waals surface area contributed by atoms with Gasteiger partial charge in [0.15, 0.2) is 0 Å². The summed E-state index contributed by atoms with van der Waals surface area (Å²) in [5.74, 6) is -0.462. The fourth-order valence-electron chi connectivity index (χ4n) is 1.18. The standard InChI is InChI=1S/C11H22N2O4/c1-3-17-10(14)5-4-7-13-11(15)9(12)6-8-16-2/h9H,3-8,12H2,1-2H3,(H,13,15). The summed E-state index contributed by atoms with van der Waals surface area (Å²) in [5.41, 5.74) is 5.61. The molecule has 0 fully saturated rings. The molecule has 0 rings (SSSR count). The van der Waals surface area contributed by atoms with Gasteiger partial charge in [-0.2, -0.15) is 0 Å². The van der Waals surface area contributed by atoms with Crippen LogP contribution in [0.1, 0.15) is 26.2 Å². The zero-order chi connectivity index (χ0) is 13.1. The predicted octanol–water partition coefficient (Wildman–Crippen LogP) is -0.190.